The summed E-state index contributed by atoms with van der Waals surface area (Å²) in [4.78, 5) is 30.7. The van der Waals surface area contributed by atoms with Crippen LogP contribution in [-0.2, 0) is 4.74 Å². The summed E-state index contributed by atoms with van der Waals surface area (Å²) in [6.45, 7) is 9.45. The van der Waals surface area contributed by atoms with Crippen molar-refractivity contribution >= 4 is 29.2 Å². The first kappa shape index (κ1) is 22.8. The van der Waals surface area contributed by atoms with Crippen molar-refractivity contribution < 1.29 is 18.7 Å². The number of piperazine rings is 1. The van der Waals surface area contributed by atoms with Crippen molar-refractivity contribution in [1.82, 2.24) is 10.2 Å². The average Bonchev–Trinajstić information content (AvgIpc) is 3.25. The van der Waals surface area contributed by atoms with Gasteiger partial charge in [-0.05, 0) is 49.9 Å². The predicted octanol–water partition coefficient (Wildman–Crippen LogP) is 3.81. The summed E-state index contributed by atoms with van der Waals surface area (Å²) < 4.78 is 19.1. The fourth-order valence-corrected chi connectivity index (χ4v) is 4.29. The smallest absolute Gasteiger partial charge is 0.414 e. The van der Waals surface area contributed by atoms with Crippen LogP contribution in [0.25, 0.3) is 0 Å². The maximum Gasteiger partial charge on any atom is 0.414 e. The lowest BCUT2D eigenvalue weighted by atomic mass is 10.0. The van der Waals surface area contributed by atoms with Crippen molar-refractivity contribution in [3.05, 3.63) is 53.8 Å². The van der Waals surface area contributed by atoms with E-state index in [0.29, 0.717) is 24.5 Å². The van der Waals surface area contributed by atoms with Gasteiger partial charge in [0.2, 0.25) is 0 Å². The Bertz CT molecular complexity index is 1010. The van der Waals surface area contributed by atoms with Crippen LogP contribution in [0.1, 0.15) is 25.5 Å². The summed E-state index contributed by atoms with van der Waals surface area (Å²) in [6, 6.07) is 11.0. The van der Waals surface area contributed by atoms with Gasteiger partial charge < -0.3 is 25.2 Å². The van der Waals surface area contributed by atoms with E-state index in [-0.39, 0.29) is 5.82 Å². The van der Waals surface area contributed by atoms with Gasteiger partial charge in [0, 0.05) is 48.8 Å². The summed E-state index contributed by atoms with van der Waals surface area (Å²) >= 11 is 0. The molecule has 8 nitrogen and oxygen atoms in total. The average molecular weight is 456 g/mol. The van der Waals surface area contributed by atoms with Crippen molar-refractivity contribution in [3.63, 3.8) is 0 Å². The van der Waals surface area contributed by atoms with Crippen LogP contribution in [-0.4, -0.2) is 62.9 Å². The number of hydrogen-bond donors (Lipinski definition) is 2. The Morgan fingerprint density at radius 2 is 1.91 bits per heavy atom. The highest BCUT2D eigenvalue weighted by molar-refractivity contribution is 5.93. The number of ether oxygens (including phenoxy) is 1. The minimum atomic E-state index is -0.408. The fourth-order valence-electron chi connectivity index (χ4n) is 4.29. The van der Waals surface area contributed by atoms with Gasteiger partial charge in [-0.3, -0.25) is 4.90 Å². The van der Waals surface area contributed by atoms with Gasteiger partial charge in [-0.15, -0.1) is 0 Å². The molecule has 2 aliphatic heterocycles. The first-order valence-electron chi connectivity index (χ1n) is 11.3. The number of carbonyl (C=O) groups excluding carboxylic acids is 2. The molecule has 0 saturated carbocycles. The molecule has 3 amide bonds. The second kappa shape index (κ2) is 10.1. The van der Waals surface area contributed by atoms with Gasteiger partial charge in [0.1, 0.15) is 12.4 Å². The lowest BCUT2D eigenvalue weighted by molar-refractivity contribution is 0.181. The van der Waals surface area contributed by atoms with E-state index < -0.39 is 18.2 Å². The largest absolute Gasteiger partial charge is 0.447 e. The third-order valence-electron chi connectivity index (χ3n) is 6.14. The molecule has 0 spiro atoms. The van der Waals surface area contributed by atoms with Crippen LogP contribution in [0.4, 0.5) is 31.0 Å². The number of benzene rings is 2. The Balaban J connectivity index is 1.43. The van der Waals surface area contributed by atoms with E-state index in [1.54, 1.807) is 30.3 Å². The third-order valence-corrected chi connectivity index (χ3v) is 6.14. The van der Waals surface area contributed by atoms with E-state index in [1.807, 2.05) is 6.92 Å². The molecule has 1 atom stereocenters. The van der Waals surface area contributed by atoms with Crippen molar-refractivity contribution in [2.45, 2.75) is 19.9 Å². The number of nitrogens with one attached hydrogen (secondary N) is 2. The summed E-state index contributed by atoms with van der Waals surface area (Å²) in [7, 11) is 0. The maximum atomic E-state index is 14.1. The molecule has 0 radical (unpaired) electrons. The molecule has 2 aliphatic rings. The zero-order valence-electron chi connectivity index (χ0n) is 19.0. The Kier molecular flexibility index (Phi) is 6.98. The van der Waals surface area contributed by atoms with Gasteiger partial charge in [-0.25, -0.2) is 14.0 Å². The van der Waals surface area contributed by atoms with E-state index in [9.17, 15) is 14.0 Å². The number of urea groups is 1. The zero-order chi connectivity index (χ0) is 23.4. The van der Waals surface area contributed by atoms with Gasteiger partial charge in [0.15, 0.2) is 0 Å². The number of hydrogen-bond acceptors (Lipinski definition) is 5. The maximum absolute atomic E-state index is 14.1. The van der Waals surface area contributed by atoms with Crippen molar-refractivity contribution in [1.29, 1.82) is 0 Å². The third kappa shape index (κ3) is 5.36. The molecule has 1 unspecified atom stereocenters. The van der Waals surface area contributed by atoms with Gasteiger partial charge in [-0.1, -0.05) is 13.0 Å². The molecular formula is C24H30FN5O3. The van der Waals surface area contributed by atoms with Gasteiger partial charge in [0.25, 0.3) is 0 Å². The van der Waals surface area contributed by atoms with E-state index >= 15 is 0 Å². The van der Waals surface area contributed by atoms with E-state index in [0.717, 1.165) is 44.0 Å². The van der Waals surface area contributed by atoms with Crippen LogP contribution in [0, 0.1) is 5.82 Å². The number of likely N-dealkylation sites (N-methyl/N-ethyl adjacent to an activating group) is 1. The van der Waals surface area contributed by atoms with Gasteiger partial charge >= 0.3 is 12.1 Å². The topological polar surface area (TPSA) is 77.2 Å². The molecule has 2 heterocycles. The van der Waals surface area contributed by atoms with E-state index in [4.69, 9.17) is 4.74 Å². The zero-order valence-corrected chi connectivity index (χ0v) is 19.0. The molecule has 2 N–H and O–H groups in total. The Labute approximate surface area is 193 Å². The number of nitrogens with zero attached hydrogens (tertiary/aromatic N) is 3. The molecule has 2 aromatic carbocycles. The highest BCUT2D eigenvalue weighted by Gasteiger charge is 2.24. The van der Waals surface area contributed by atoms with Crippen LogP contribution in [0.2, 0.25) is 0 Å². The molecule has 2 saturated heterocycles. The molecule has 9 heteroatoms. The van der Waals surface area contributed by atoms with Crippen LogP contribution < -0.4 is 20.4 Å². The molecule has 0 aromatic heterocycles. The Morgan fingerprint density at radius 3 is 2.61 bits per heavy atom. The van der Waals surface area contributed by atoms with Crippen molar-refractivity contribution in [3.8, 4) is 0 Å². The first-order valence-corrected chi connectivity index (χ1v) is 11.3. The summed E-state index contributed by atoms with van der Waals surface area (Å²) in [5.74, 6) is -0.333. The van der Waals surface area contributed by atoms with E-state index in [1.165, 1.54) is 17.0 Å². The monoisotopic (exact) mass is 455 g/mol. The SMILES string of the molecule is CCN1CCN(c2ccc(F)cc2C(C)NC(=O)Nc2cccc(N3CCOC3=O)c2)CC1. The quantitative estimate of drug-likeness (QED) is 0.693. The fraction of sp³-hybridized carbons (Fsp3) is 0.417. The molecule has 0 aliphatic carbocycles. The van der Waals surface area contributed by atoms with Crippen LogP contribution in [0.5, 0.6) is 0 Å². The molecule has 33 heavy (non-hydrogen) atoms. The number of carbonyl (C=O) groups is 2. The Hall–Kier alpha value is -3.33. The summed E-state index contributed by atoms with van der Waals surface area (Å²) in [6.07, 6.45) is -0.399. The second-order valence-corrected chi connectivity index (χ2v) is 8.26. The van der Waals surface area contributed by atoms with E-state index in [2.05, 4.69) is 27.4 Å². The van der Waals surface area contributed by atoms with Crippen LogP contribution in [0.15, 0.2) is 42.5 Å². The second-order valence-electron chi connectivity index (χ2n) is 8.26. The molecule has 176 valence electrons. The highest BCUT2D eigenvalue weighted by Crippen LogP contribution is 2.29. The molecular weight excluding hydrogens is 425 g/mol. The molecule has 2 aromatic rings. The standard InChI is InChI=1S/C24H30FN5O3/c1-3-28-9-11-29(12-10-28)22-8-7-18(25)15-21(22)17(2)26-23(31)27-19-5-4-6-20(16-19)30-13-14-33-24(30)32/h4-8,15-17H,3,9-14H2,1-2H3,(H2,26,27,31). The van der Waals surface area contributed by atoms with Gasteiger partial charge in [0.05, 0.1) is 12.6 Å². The number of cyclic esters (lactones) is 1. The summed E-state index contributed by atoms with van der Waals surface area (Å²) in [5.41, 5.74) is 2.88. The van der Waals surface area contributed by atoms with Crippen LogP contribution >= 0.6 is 0 Å². The lowest BCUT2D eigenvalue weighted by Gasteiger charge is -2.37. The number of amides is 3. The molecule has 0 bridgehead atoms. The summed E-state index contributed by atoms with van der Waals surface area (Å²) in [5, 5.41) is 5.72. The van der Waals surface area contributed by atoms with Crippen molar-refractivity contribution in [2.24, 2.45) is 0 Å². The predicted molar refractivity (Wildman–Crippen MR) is 126 cm³/mol. The minimum Gasteiger partial charge on any atom is -0.447 e. The first-order chi connectivity index (χ1) is 15.9. The Morgan fingerprint density at radius 1 is 1.12 bits per heavy atom. The number of halogens is 1. The number of anilines is 3. The number of rotatable bonds is 6. The molecule has 2 fully saturated rings. The highest BCUT2D eigenvalue weighted by atomic mass is 19.1. The normalized spacial score (nSPS) is 17.6. The molecule has 4 rings (SSSR count). The van der Waals surface area contributed by atoms with Gasteiger partial charge in [-0.2, -0.15) is 0 Å². The van der Waals surface area contributed by atoms with Crippen LogP contribution in [0.3, 0.4) is 0 Å². The lowest BCUT2D eigenvalue weighted by Crippen LogP contribution is -2.46. The van der Waals surface area contributed by atoms with Crippen molar-refractivity contribution in [2.75, 3.05) is 61.0 Å². The minimum absolute atomic E-state index is 0.333.